The molecule has 5 nitrogen and oxygen atoms in total. The van der Waals surface area contributed by atoms with E-state index in [9.17, 15) is 9.59 Å². The van der Waals surface area contributed by atoms with Crippen LogP contribution in [-0.2, 0) is 0 Å². The molecule has 0 fully saturated rings. The Hall–Kier alpha value is -2.04. The molecular formula is C18H29N3O2. The molecule has 128 valence electrons. The zero-order chi connectivity index (χ0) is 17.2. The highest BCUT2D eigenvalue weighted by Gasteiger charge is 2.14. The van der Waals surface area contributed by atoms with Crippen LogP contribution in [0, 0.1) is 0 Å². The van der Waals surface area contributed by atoms with E-state index in [-0.39, 0.29) is 11.9 Å². The SMILES string of the molecule is CCCN(CCC)C(=O)c1ccc(NC(=O)N(CC)CC)cc1. The Labute approximate surface area is 139 Å². The molecule has 0 unspecified atom stereocenters. The lowest BCUT2D eigenvalue weighted by Gasteiger charge is -2.22. The second kappa shape index (κ2) is 9.87. The fourth-order valence-corrected chi connectivity index (χ4v) is 2.45. The third kappa shape index (κ3) is 5.58. The summed E-state index contributed by atoms with van der Waals surface area (Å²) in [5.74, 6) is 0.0512. The van der Waals surface area contributed by atoms with Gasteiger partial charge in [0.15, 0.2) is 0 Å². The number of urea groups is 1. The first kappa shape index (κ1) is 19.0. The molecule has 0 aliphatic carbocycles. The van der Waals surface area contributed by atoms with Gasteiger partial charge in [-0.3, -0.25) is 4.79 Å². The summed E-state index contributed by atoms with van der Waals surface area (Å²) in [5, 5.41) is 2.85. The van der Waals surface area contributed by atoms with Crippen LogP contribution in [-0.4, -0.2) is 47.9 Å². The van der Waals surface area contributed by atoms with Gasteiger partial charge in [-0.15, -0.1) is 0 Å². The van der Waals surface area contributed by atoms with Gasteiger partial charge in [-0.2, -0.15) is 0 Å². The van der Waals surface area contributed by atoms with Gasteiger partial charge in [0.2, 0.25) is 0 Å². The largest absolute Gasteiger partial charge is 0.339 e. The molecule has 0 saturated heterocycles. The van der Waals surface area contributed by atoms with Gasteiger partial charge in [-0.1, -0.05) is 13.8 Å². The lowest BCUT2D eigenvalue weighted by Crippen LogP contribution is -2.34. The fraction of sp³-hybridized carbons (Fsp3) is 0.556. The molecule has 0 aromatic heterocycles. The molecule has 0 bridgehead atoms. The van der Waals surface area contributed by atoms with Crippen LogP contribution in [0.1, 0.15) is 50.9 Å². The van der Waals surface area contributed by atoms with Crippen molar-refractivity contribution in [2.45, 2.75) is 40.5 Å². The number of carbonyl (C=O) groups excluding carboxylic acids is 2. The van der Waals surface area contributed by atoms with Crippen molar-refractivity contribution in [3.8, 4) is 0 Å². The molecule has 1 aromatic carbocycles. The average Bonchev–Trinajstić information content (AvgIpc) is 2.56. The molecular weight excluding hydrogens is 290 g/mol. The average molecular weight is 319 g/mol. The molecule has 0 spiro atoms. The minimum Gasteiger partial charge on any atom is -0.339 e. The highest BCUT2D eigenvalue weighted by Crippen LogP contribution is 2.13. The van der Waals surface area contributed by atoms with Gasteiger partial charge >= 0.3 is 6.03 Å². The highest BCUT2D eigenvalue weighted by atomic mass is 16.2. The second-order valence-electron chi connectivity index (χ2n) is 5.47. The number of rotatable bonds is 8. The molecule has 1 rings (SSSR count). The summed E-state index contributed by atoms with van der Waals surface area (Å²) in [6, 6.07) is 7.00. The molecule has 0 aliphatic heterocycles. The summed E-state index contributed by atoms with van der Waals surface area (Å²) >= 11 is 0. The zero-order valence-corrected chi connectivity index (χ0v) is 14.8. The predicted octanol–water partition coefficient (Wildman–Crippen LogP) is 3.82. The Balaban J connectivity index is 2.75. The van der Waals surface area contributed by atoms with Crippen molar-refractivity contribution in [3.63, 3.8) is 0 Å². The zero-order valence-electron chi connectivity index (χ0n) is 14.8. The summed E-state index contributed by atoms with van der Waals surface area (Å²) < 4.78 is 0. The van der Waals surface area contributed by atoms with E-state index in [0.29, 0.717) is 24.3 Å². The summed E-state index contributed by atoms with van der Waals surface area (Å²) in [6.07, 6.45) is 1.90. The van der Waals surface area contributed by atoms with Gasteiger partial charge in [0, 0.05) is 37.4 Å². The number of amides is 3. The summed E-state index contributed by atoms with van der Waals surface area (Å²) in [7, 11) is 0. The van der Waals surface area contributed by atoms with Crippen molar-refractivity contribution in [2.75, 3.05) is 31.5 Å². The van der Waals surface area contributed by atoms with E-state index >= 15 is 0 Å². The Bertz CT molecular complexity index is 489. The monoisotopic (exact) mass is 319 g/mol. The third-order valence-corrected chi connectivity index (χ3v) is 3.71. The number of hydrogen-bond acceptors (Lipinski definition) is 2. The molecule has 23 heavy (non-hydrogen) atoms. The van der Waals surface area contributed by atoms with Crippen LogP contribution in [0.25, 0.3) is 0 Å². The topological polar surface area (TPSA) is 52.7 Å². The summed E-state index contributed by atoms with van der Waals surface area (Å²) in [4.78, 5) is 28.1. The van der Waals surface area contributed by atoms with Gasteiger partial charge in [0.05, 0.1) is 0 Å². The van der Waals surface area contributed by atoms with Gasteiger partial charge < -0.3 is 15.1 Å². The smallest absolute Gasteiger partial charge is 0.321 e. The van der Waals surface area contributed by atoms with Crippen molar-refractivity contribution in [1.82, 2.24) is 9.80 Å². The van der Waals surface area contributed by atoms with Crippen molar-refractivity contribution in [3.05, 3.63) is 29.8 Å². The third-order valence-electron chi connectivity index (χ3n) is 3.71. The van der Waals surface area contributed by atoms with Crippen LogP contribution >= 0.6 is 0 Å². The van der Waals surface area contributed by atoms with Gasteiger partial charge in [-0.25, -0.2) is 4.79 Å². The van der Waals surface area contributed by atoms with E-state index in [2.05, 4.69) is 19.2 Å². The van der Waals surface area contributed by atoms with E-state index < -0.39 is 0 Å². The molecule has 1 aromatic rings. The van der Waals surface area contributed by atoms with Crippen molar-refractivity contribution in [2.24, 2.45) is 0 Å². The van der Waals surface area contributed by atoms with Crippen LogP contribution in [0.5, 0.6) is 0 Å². The first-order valence-corrected chi connectivity index (χ1v) is 8.52. The Morgan fingerprint density at radius 3 is 1.83 bits per heavy atom. The van der Waals surface area contributed by atoms with Crippen LogP contribution in [0.15, 0.2) is 24.3 Å². The minimum absolute atomic E-state index is 0.0512. The molecule has 0 saturated carbocycles. The fourth-order valence-electron chi connectivity index (χ4n) is 2.45. The van der Waals surface area contributed by atoms with Crippen molar-refractivity contribution < 1.29 is 9.59 Å². The quantitative estimate of drug-likeness (QED) is 0.792. The van der Waals surface area contributed by atoms with E-state index in [1.54, 1.807) is 29.2 Å². The van der Waals surface area contributed by atoms with Gasteiger partial charge in [0.25, 0.3) is 5.91 Å². The normalized spacial score (nSPS) is 10.3. The van der Waals surface area contributed by atoms with E-state index in [0.717, 1.165) is 25.9 Å². The minimum atomic E-state index is -0.118. The molecule has 0 atom stereocenters. The molecule has 0 radical (unpaired) electrons. The number of carbonyl (C=O) groups is 2. The first-order valence-electron chi connectivity index (χ1n) is 8.52. The van der Waals surface area contributed by atoms with Crippen molar-refractivity contribution in [1.29, 1.82) is 0 Å². The lowest BCUT2D eigenvalue weighted by atomic mass is 10.1. The predicted molar refractivity (Wildman–Crippen MR) is 94.9 cm³/mol. The lowest BCUT2D eigenvalue weighted by molar-refractivity contribution is 0.0755. The molecule has 5 heteroatoms. The van der Waals surface area contributed by atoms with Crippen molar-refractivity contribution >= 4 is 17.6 Å². The van der Waals surface area contributed by atoms with E-state index in [1.165, 1.54) is 0 Å². The number of nitrogens with one attached hydrogen (secondary N) is 1. The second-order valence-corrected chi connectivity index (χ2v) is 5.47. The van der Waals surface area contributed by atoms with Crippen LogP contribution in [0.2, 0.25) is 0 Å². The van der Waals surface area contributed by atoms with Gasteiger partial charge in [-0.05, 0) is 51.0 Å². The number of nitrogens with zero attached hydrogens (tertiary/aromatic N) is 2. The maximum absolute atomic E-state index is 12.5. The number of anilines is 1. The summed E-state index contributed by atoms with van der Waals surface area (Å²) in [6.45, 7) is 10.9. The number of benzene rings is 1. The van der Waals surface area contributed by atoms with Gasteiger partial charge in [0.1, 0.15) is 0 Å². The Morgan fingerprint density at radius 2 is 1.39 bits per heavy atom. The van der Waals surface area contributed by atoms with E-state index in [4.69, 9.17) is 0 Å². The standard InChI is InChI=1S/C18H29N3O2/c1-5-13-21(14-6-2)17(22)15-9-11-16(12-10-15)19-18(23)20(7-3)8-4/h9-12H,5-8,13-14H2,1-4H3,(H,19,23). The molecule has 3 amide bonds. The Kier molecular flexibility index (Phi) is 8.16. The molecule has 0 heterocycles. The van der Waals surface area contributed by atoms with Crippen LogP contribution < -0.4 is 5.32 Å². The number of hydrogen-bond donors (Lipinski definition) is 1. The maximum atomic E-state index is 12.5. The highest BCUT2D eigenvalue weighted by molar-refractivity contribution is 5.95. The first-order chi connectivity index (χ1) is 11.1. The maximum Gasteiger partial charge on any atom is 0.321 e. The summed E-state index contributed by atoms with van der Waals surface area (Å²) in [5.41, 5.74) is 1.36. The molecule has 1 N–H and O–H groups in total. The molecule has 0 aliphatic rings. The van der Waals surface area contributed by atoms with E-state index in [1.807, 2.05) is 18.7 Å². The van der Waals surface area contributed by atoms with Crippen LogP contribution in [0.4, 0.5) is 10.5 Å². The van der Waals surface area contributed by atoms with Crippen LogP contribution in [0.3, 0.4) is 0 Å². The Morgan fingerprint density at radius 1 is 0.870 bits per heavy atom.